The summed E-state index contributed by atoms with van der Waals surface area (Å²) in [6, 6.07) is 9.18. The van der Waals surface area contributed by atoms with Gasteiger partial charge in [-0.15, -0.1) is 0 Å². The first kappa shape index (κ1) is 12.6. The highest BCUT2D eigenvalue weighted by molar-refractivity contribution is 6.05. The first-order valence-corrected chi connectivity index (χ1v) is 4.72. The quantitative estimate of drug-likeness (QED) is 0.360. The minimum atomic E-state index is -1.36. The van der Waals surface area contributed by atoms with E-state index in [4.69, 9.17) is 14.8 Å². The molecule has 1 unspecified atom stereocenters. The van der Waals surface area contributed by atoms with E-state index in [0.29, 0.717) is 5.71 Å². The highest BCUT2D eigenvalue weighted by atomic mass is 17.1. The molecule has 16 heavy (non-hydrogen) atoms. The Morgan fingerprint density at radius 1 is 1.25 bits per heavy atom. The lowest BCUT2D eigenvalue weighted by Crippen LogP contribution is -2.40. The van der Waals surface area contributed by atoms with E-state index in [1.54, 1.807) is 0 Å². The number of oxime groups is 1. The molecule has 1 aromatic carbocycles. The number of rotatable bonds is 5. The molecule has 1 N–H and O–H groups in total. The number of hydrogen-bond donors (Lipinski definition) is 1. The van der Waals surface area contributed by atoms with Gasteiger partial charge in [0.15, 0.2) is 0 Å². The predicted molar refractivity (Wildman–Crippen MR) is 59.1 cm³/mol. The molecular weight excluding hydrogens is 210 g/mol. The van der Waals surface area contributed by atoms with Crippen LogP contribution in [0.3, 0.4) is 0 Å². The van der Waals surface area contributed by atoms with E-state index in [-0.39, 0.29) is 0 Å². The Bertz CT molecular complexity index is 346. The van der Waals surface area contributed by atoms with Crippen LogP contribution >= 0.6 is 0 Å². The number of nitrogens with zero attached hydrogens (tertiary/aromatic N) is 1. The van der Waals surface area contributed by atoms with Gasteiger partial charge in [-0.3, -0.25) is 0 Å². The molecule has 0 saturated heterocycles. The van der Waals surface area contributed by atoms with E-state index in [2.05, 4.69) is 10.0 Å². The molecule has 0 saturated carbocycles. The van der Waals surface area contributed by atoms with Crippen molar-refractivity contribution in [2.75, 3.05) is 14.2 Å². The zero-order valence-electron chi connectivity index (χ0n) is 9.51. The second-order valence-corrected chi connectivity index (χ2v) is 3.23. The summed E-state index contributed by atoms with van der Waals surface area (Å²) >= 11 is 0. The number of benzene rings is 1. The van der Waals surface area contributed by atoms with Gasteiger partial charge >= 0.3 is 0 Å². The van der Waals surface area contributed by atoms with Gasteiger partial charge in [0, 0.05) is 12.7 Å². The maximum absolute atomic E-state index is 8.88. The van der Waals surface area contributed by atoms with Crippen LogP contribution in [0, 0.1) is 0 Å². The van der Waals surface area contributed by atoms with Crippen molar-refractivity contribution in [3.63, 3.8) is 0 Å². The third kappa shape index (κ3) is 2.57. The van der Waals surface area contributed by atoms with Crippen molar-refractivity contribution in [2.24, 2.45) is 5.16 Å². The Balaban J connectivity index is 3.15. The fourth-order valence-corrected chi connectivity index (χ4v) is 1.26. The largest absolute Gasteiger partial charge is 0.399 e. The molecule has 0 bridgehead atoms. The van der Waals surface area contributed by atoms with E-state index in [0.717, 1.165) is 5.56 Å². The van der Waals surface area contributed by atoms with Crippen LogP contribution in [-0.4, -0.2) is 31.0 Å². The van der Waals surface area contributed by atoms with Crippen molar-refractivity contribution in [1.82, 2.24) is 0 Å². The van der Waals surface area contributed by atoms with Crippen LogP contribution in [0.25, 0.3) is 0 Å². The minimum Gasteiger partial charge on any atom is -0.399 e. The van der Waals surface area contributed by atoms with Gasteiger partial charge in [-0.1, -0.05) is 35.5 Å². The van der Waals surface area contributed by atoms with Crippen LogP contribution in [0.1, 0.15) is 12.5 Å². The van der Waals surface area contributed by atoms with Gasteiger partial charge in [0.25, 0.3) is 0 Å². The number of ether oxygens (including phenoxy) is 1. The SMILES string of the molecule is CO/N=C(/c1ccccc1)C(C)(OC)OO. The Morgan fingerprint density at radius 3 is 2.31 bits per heavy atom. The van der Waals surface area contributed by atoms with Gasteiger partial charge in [0.1, 0.15) is 12.8 Å². The zero-order valence-corrected chi connectivity index (χ0v) is 9.51. The van der Waals surface area contributed by atoms with Crippen molar-refractivity contribution < 1.29 is 19.7 Å². The van der Waals surface area contributed by atoms with Crippen molar-refractivity contribution in [3.05, 3.63) is 35.9 Å². The van der Waals surface area contributed by atoms with Gasteiger partial charge in [0.2, 0.25) is 5.79 Å². The molecule has 88 valence electrons. The van der Waals surface area contributed by atoms with Gasteiger partial charge in [-0.2, -0.15) is 4.89 Å². The fourth-order valence-electron chi connectivity index (χ4n) is 1.26. The average molecular weight is 225 g/mol. The second kappa shape index (κ2) is 5.60. The summed E-state index contributed by atoms with van der Waals surface area (Å²) in [6.45, 7) is 1.54. The summed E-state index contributed by atoms with van der Waals surface area (Å²) in [5, 5.41) is 12.7. The molecule has 0 heterocycles. The van der Waals surface area contributed by atoms with Crippen LogP contribution in [-0.2, 0) is 14.5 Å². The molecule has 0 amide bonds. The van der Waals surface area contributed by atoms with Crippen molar-refractivity contribution in [2.45, 2.75) is 12.7 Å². The summed E-state index contributed by atoms with van der Waals surface area (Å²) in [5.74, 6) is -1.36. The fraction of sp³-hybridized carbons (Fsp3) is 0.364. The molecule has 0 spiro atoms. The highest BCUT2D eigenvalue weighted by Gasteiger charge is 2.34. The van der Waals surface area contributed by atoms with E-state index >= 15 is 0 Å². The standard InChI is InChI=1S/C11H15NO4/c1-11(14-2,16-13)10(12-15-3)9-7-5-4-6-8-9/h4-8,13H,1-3H3/b12-10-. The van der Waals surface area contributed by atoms with Crippen molar-refractivity contribution in [1.29, 1.82) is 0 Å². The van der Waals surface area contributed by atoms with Crippen LogP contribution in [0.15, 0.2) is 35.5 Å². The smallest absolute Gasteiger partial charge is 0.245 e. The van der Waals surface area contributed by atoms with Crippen LogP contribution < -0.4 is 0 Å². The van der Waals surface area contributed by atoms with Gasteiger partial charge in [-0.25, -0.2) is 5.26 Å². The highest BCUT2D eigenvalue weighted by Crippen LogP contribution is 2.19. The molecule has 5 heteroatoms. The summed E-state index contributed by atoms with van der Waals surface area (Å²) in [4.78, 5) is 9.05. The third-order valence-electron chi connectivity index (χ3n) is 2.22. The molecule has 0 fully saturated rings. The third-order valence-corrected chi connectivity index (χ3v) is 2.22. The summed E-state index contributed by atoms with van der Waals surface area (Å²) in [6.07, 6.45) is 0. The summed E-state index contributed by atoms with van der Waals surface area (Å²) < 4.78 is 5.07. The molecule has 1 atom stereocenters. The van der Waals surface area contributed by atoms with Gasteiger partial charge in [-0.05, 0) is 6.92 Å². The topological polar surface area (TPSA) is 60.3 Å². The molecule has 5 nitrogen and oxygen atoms in total. The van der Waals surface area contributed by atoms with E-state index in [1.807, 2.05) is 30.3 Å². The van der Waals surface area contributed by atoms with Crippen LogP contribution in [0.4, 0.5) is 0 Å². The first-order chi connectivity index (χ1) is 7.68. The van der Waals surface area contributed by atoms with E-state index in [9.17, 15) is 0 Å². The van der Waals surface area contributed by atoms with E-state index < -0.39 is 5.79 Å². The average Bonchev–Trinajstić information content (AvgIpc) is 2.36. The molecule has 0 radical (unpaired) electrons. The van der Waals surface area contributed by atoms with E-state index in [1.165, 1.54) is 21.1 Å². The van der Waals surface area contributed by atoms with Crippen molar-refractivity contribution in [3.8, 4) is 0 Å². The maximum Gasteiger partial charge on any atom is 0.245 e. The molecule has 0 aliphatic carbocycles. The molecule has 0 aromatic heterocycles. The molecule has 0 aliphatic heterocycles. The lowest BCUT2D eigenvalue weighted by molar-refractivity contribution is -0.362. The molecular formula is C11H15NO4. The summed E-state index contributed by atoms with van der Waals surface area (Å²) in [5.41, 5.74) is 1.09. The Morgan fingerprint density at radius 2 is 1.88 bits per heavy atom. The monoisotopic (exact) mass is 225 g/mol. The van der Waals surface area contributed by atoms with Gasteiger partial charge in [0.05, 0.1) is 0 Å². The number of methoxy groups -OCH3 is 1. The maximum atomic E-state index is 8.88. The van der Waals surface area contributed by atoms with Crippen LogP contribution in [0.2, 0.25) is 0 Å². The molecule has 0 aliphatic rings. The lowest BCUT2D eigenvalue weighted by atomic mass is 10.0. The van der Waals surface area contributed by atoms with Crippen molar-refractivity contribution >= 4 is 5.71 Å². The number of hydrogen-bond acceptors (Lipinski definition) is 5. The lowest BCUT2D eigenvalue weighted by Gasteiger charge is -2.25. The Hall–Kier alpha value is -1.43. The normalized spacial score (nSPS) is 15.6. The first-order valence-electron chi connectivity index (χ1n) is 4.72. The zero-order chi connectivity index (χ0) is 12.0. The minimum absolute atomic E-state index is 0.348. The van der Waals surface area contributed by atoms with Crippen LogP contribution in [0.5, 0.6) is 0 Å². The Labute approximate surface area is 94.2 Å². The predicted octanol–water partition coefficient (Wildman–Crippen LogP) is 1.89. The van der Waals surface area contributed by atoms with Gasteiger partial charge < -0.3 is 9.57 Å². The molecule has 1 rings (SSSR count). The summed E-state index contributed by atoms with van der Waals surface area (Å²) in [7, 11) is 2.82. The second-order valence-electron chi connectivity index (χ2n) is 3.23. The molecule has 1 aromatic rings. The Kier molecular flexibility index (Phi) is 4.42.